The van der Waals surface area contributed by atoms with E-state index in [1.165, 1.54) is 26.4 Å². The van der Waals surface area contributed by atoms with E-state index in [0.29, 0.717) is 18.0 Å². The zero-order chi connectivity index (χ0) is 20.9. The number of nitrogens with zero attached hydrogens (tertiary/aromatic N) is 1. The number of carbonyl (C=O) groups excluding carboxylic acids is 1. The van der Waals surface area contributed by atoms with Gasteiger partial charge in [0.25, 0.3) is 5.91 Å². The van der Waals surface area contributed by atoms with E-state index in [-0.39, 0.29) is 17.8 Å². The maximum atomic E-state index is 12.9. The number of methoxy groups -OCH3 is 2. The molecule has 152 valence electrons. The second-order valence-electron chi connectivity index (χ2n) is 6.32. The monoisotopic (exact) mass is 406 g/mol. The highest BCUT2D eigenvalue weighted by Gasteiger charge is 2.25. The first-order valence-corrected chi connectivity index (χ1v) is 10.6. The van der Waals surface area contributed by atoms with E-state index in [4.69, 9.17) is 9.47 Å². The van der Waals surface area contributed by atoms with Crippen LogP contribution in [0.4, 0.5) is 5.69 Å². The molecule has 0 saturated carbocycles. The van der Waals surface area contributed by atoms with Gasteiger partial charge in [0, 0.05) is 19.2 Å². The van der Waals surface area contributed by atoms with E-state index in [1.807, 2.05) is 31.2 Å². The molecular weight excluding hydrogens is 380 g/mol. The van der Waals surface area contributed by atoms with E-state index in [1.54, 1.807) is 6.92 Å². The van der Waals surface area contributed by atoms with Crippen molar-refractivity contribution in [2.75, 3.05) is 31.3 Å². The number of carbonyl (C=O) groups is 1. The summed E-state index contributed by atoms with van der Waals surface area (Å²) in [4.78, 5) is 12.9. The molecule has 0 bridgehead atoms. The minimum absolute atomic E-state index is 0.173. The van der Waals surface area contributed by atoms with Crippen molar-refractivity contribution in [2.45, 2.75) is 20.4 Å². The summed E-state index contributed by atoms with van der Waals surface area (Å²) in [7, 11) is -0.672. The van der Waals surface area contributed by atoms with E-state index >= 15 is 0 Å². The molecule has 0 saturated heterocycles. The lowest BCUT2D eigenvalue weighted by molar-refractivity contribution is 0.0951. The molecule has 8 heteroatoms. The van der Waals surface area contributed by atoms with Gasteiger partial charge in [0.15, 0.2) is 11.5 Å². The molecule has 0 unspecified atom stereocenters. The maximum Gasteiger partial charge on any atom is 0.253 e. The molecule has 0 atom stereocenters. The molecule has 0 spiro atoms. The molecule has 1 N–H and O–H groups in total. The fourth-order valence-electron chi connectivity index (χ4n) is 2.82. The Kier molecular flexibility index (Phi) is 6.90. The van der Waals surface area contributed by atoms with Gasteiger partial charge in [0.05, 0.1) is 31.7 Å². The standard InChI is InChI=1S/C20H26N2O5S/c1-6-22(28(5,24)25)17-12-19(27-4)18(26-3)11-16(17)20(23)21-13-15-9-7-14(2)8-10-15/h7-12H,6,13H2,1-5H3,(H,21,23). The SMILES string of the molecule is CCN(c1cc(OC)c(OC)cc1C(=O)NCc1ccc(C)cc1)S(C)(=O)=O. The van der Waals surface area contributed by atoms with Gasteiger partial charge in [-0.15, -0.1) is 0 Å². The van der Waals surface area contributed by atoms with Crippen LogP contribution in [0.1, 0.15) is 28.4 Å². The van der Waals surface area contributed by atoms with Gasteiger partial charge in [-0.3, -0.25) is 9.10 Å². The zero-order valence-corrected chi connectivity index (χ0v) is 17.6. The second-order valence-corrected chi connectivity index (χ2v) is 8.23. The van der Waals surface area contributed by atoms with Gasteiger partial charge in [-0.2, -0.15) is 0 Å². The fraction of sp³-hybridized carbons (Fsp3) is 0.350. The summed E-state index contributed by atoms with van der Waals surface area (Å²) in [5.41, 5.74) is 2.50. The fourth-order valence-corrected chi connectivity index (χ4v) is 3.80. The highest BCUT2D eigenvalue weighted by Crippen LogP contribution is 2.36. The van der Waals surface area contributed by atoms with Crippen LogP contribution in [0.5, 0.6) is 11.5 Å². The lowest BCUT2D eigenvalue weighted by Crippen LogP contribution is -2.33. The normalized spacial score (nSPS) is 11.0. The summed E-state index contributed by atoms with van der Waals surface area (Å²) in [6.07, 6.45) is 1.10. The highest BCUT2D eigenvalue weighted by molar-refractivity contribution is 7.92. The molecule has 7 nitrogen and oxygen atoms in total. The van der Waals surface area contributed by atoms with Crippen LogP contribution in [-0.4, -0.2) is 41.3 Å². The molecule has 2 aromatic rings. The van der Waals surface area contributed by atoms with Crippen molar-refractivity contribution in [3.8, 4) is 11.5 Å². The van der Waals surface area contributed by atoms with Crippen LogP contribution in [0.15, 0.2) is 36.4 Å². The van der Waals surface area contributed by atoms with Crippen molar-refractivity contribution in [2.24, 2.45) is 0 Å². The summed E-state index contributed by atoms with van der Waals surface area (Å²) in [5.74, 6) is 0.282. The topological polar surface area (TPSA) is 84.9 Å². The number of aryl methyl sites for hydroxylation is 1. The van der Waals surface area contributed by atoms with Gasteiger partial charge in [-0.05, 0) is 25.5 Å². The van der Waals surface area contributed by atoms with Crippen molar-refractivity contribution in [1.29, 1.82) is 0 Å². The van der Waals surface area contributed by atoms with Crippen LogP contribution in [0, 0.1) is 6.92 Å². The van der Waals surface area contributed by atoms with Crippen LogP contribution in [-0.2, 0) is 16.6 Å². The Bertz CT molecular complexity index is 940. The summed E-state index contributed by atoms with van der Waals surface area (Å²) in [5, 5.41) is 2.84. The Hall–Kier alpha value is -2.74. The number of sulfonamides is 1. The smallest absolute Gasteiger partial charge is 0.253 e. The third-order valence-corrected chi connectivity index (χ3v) is 5.53. The van der Waals surface area contributed by atoms with Gasteiger partial charge in [0.1, 0.15) is 0 Å². The Morgan fingerprint density at radius 1 is 1.07 bits per heavy atom. The van der Waals surface area contributed by atoms with Gasteiger partial charge in [-0.1, -0.05) is 29.8 Å². The summed E-state index contributed by atoms with van der Waals surface area (Å²) < 4.78 is 36.2. The van der Waals surface area contributed by atoms with Gasteiger partial charge < -0.3 is 14.8 Å². The number of hydrogen-bond acceptors (Lipinski definition) is 5. The molecule has 1 amide bonds. The molecule has 0 aromatic heterocycles. The zero-order valence-electron chi connectivity index (χ0n) is 16.8. The minimum Gasteiger partial charge on any atom is -0.493 e. The van der Waals surface area contributed by atoms with E-state index in [2.05, 4.69) is 5.32 Å². The Morgan fingerprint density at radius 2 is 1.64 bits per heavy atom. The summed E-state index contributed by atoms with van der Waals surface area (Å²) >= 11 is 0. The van der Waals surface area contributed by atoms with E-state index < -0.39 is 15.9 Å². The Balaban J connectivity index is 2.44. The van der Waals surface area contributed by atoms with Crippen molar-refractivity contribution in [3.63, 3.8) is 0 Å². The van der Waals surface area contributed by atoms with Crippen LogP contribution >= 0.6 is 0 Å². The van der Waals surface area contributed by atoms with Crippen LogP contribution < -0.4 is 19.1 Å². The van der Waals surface area contributed by atoms with Crippen molar-refractivity contribution < 1.29 is 22.7 Å². The molecule has 0 aliphatic rings. The average molecular weight is 407 g/mol. The molecule has 2 rings (SSSR count). The van der Waals surface area contributed by atoms with E-state index in [9.17, 15) is 13.2 Å². The Morgan fingerprint density at radius 3 is 2.14 bits per heavy atom. The lowest BCUT2D eigenvalue weighted by Gasteiger charge is -2.24. The van der Waals surface area contributed by atoms with Crippen molar-refractivity contribution in [3.05, 3.63) is 53.1 Å². The quantitative estimate of drug-likeness (QED) is 0.729. The average Bonchev–Trinajstić information content (AvgIpc) is 2.66. The maximum absolute atomic E-state index is 12.9. The number of benzene rings is 2. The minimum atomic E-state index is -3.58. The van der Waals surface area contributed by atoms with Crippen LogP contribution in [0.2, 0.25) is 0 Å². The molecule has 0 aliphatic heterocycles. The van der Waals surface area contributed by atoms with Crippen molar-refractivity contribution >= 4 is 21.6 Å². The molecule has 0 aliphatic carbocycles. The van der Waals surface area contributed by atoms with Crippen molar-refractivity contribution in [1.82, 2.24) is 5.32 Å². The Labute approximate surface area is 166 Å². The number of ether oxygens (including phenoxy) is 2. The molecule has 28 heavy (non-hydrogen) atoms. The molecule has 2 aromatic carbocycles. The third-order valence-electron chi connectivity index (χ3n) is 4.28. The second kappa shape index (κ2) is 8.97. The third kappa shape index (κ3) is 4.95. The highest BCUT2D eigenvalue weighted by atomic mass is 32.2. The largest absolute Gasteiger partial charge is 0.493 e. The predicted octanol–water partition coefficient (Wildman–Crippen LogP) is 2.73. The molecule has 0 heterocycles. The first-order valence-electron chi connectivity index (χ1n) is 8.78. The first kappa shape index (κ1) is 21.6. The number of amides is 1. The van der Waals surface area contributed by atoms with Crippen LogP contribution in [0.3, 0.4) is 0 Å². The number of nitrogens with one attached hydrogen (secondary N) is 1. The summed E-state index contributed by atoms with van der Waals surface area (Å²) in [6.45, 7) is 4.18. The first-order chi connectivity index (χ1) is 13.2. The van der Waals surface area contributed by atoms with Gasteiger partial charge >= 0.3 is 0 Å². The number of hydrogen-bond donors (Lipinski definition) is 1. The summed E-state index contributed by atoms with van der Waals surface area (Å²) in [6, 6.07) is 10.8. The number of rotatable bonds is 8. The molecular formula is C20H26N2O5S. The lowest BCUT2D eigenvalue weighted by atomic mass is 10.1. The van der Waals surface area contributed by atoms with Crippen LogP contribution in [0.25, 0.3) is 0 Å². The molecule has 0 radical (unpaired) electrons. The predicted molar refractivity (Wildman–Crippen MR) is 110 cm³/mol. The van der Waals surface area contributed by atoms with Gasteiger partial charge in [0.2, 0.25) is 10.0 Å². The van der Waals surface area contributed by atoms with Gasteiger partial charge in [-0.25, -0.2) is 8.42 Å². The number of anilines is 1. The molecule has 0 fully saturated rings. The van der Waals surface area contributed by atoms with E-state index in [0.717, 1.165) is 21.7 Å².